The highest BCUT2D eigenvalue weighted by molar-refractivity contribution is 7.89. The van der Waals surface area contributed by atoms with Gasteiger partial charge in [0.15, 0.2) is 0 Å². The van der Waals surface area contributed by atoms with Crippen molar-refractivity contribution in [2.75, 3.05) is 38.1 Å². The summed E-state index contributed by atoms with van der Waals surface area (Å²) in [4.78, 5) is 32.3. The van der Waals surface area contributed by atoms with Crippen molar-refractivity contribution in [2.45, 2.75) is 37.1 Å². The van der Waals surface area contributed by atoms with Gasteiger partial charge in [0.2, 0.25) is 15.9 Å². The van der Waals surface area contributed by atoms with Crippen LogP contribution in [0.1, 0.15) is 36.8 Å². The molecule has 2 aliphatic rings. The highest BCUT2D eigenvalue weighted by atomic mass is 32.2. The predicted molar refractivity (Wildman–Crippen MR) is 144 cm³/mol. The van der Waals surface area contributed by atoms with E-state index in [0.717, 1.165) is 12.0 Å². The number of rotatable bonds is 7. The van der Waals surface area contributed by atoms with E-state index in [0.29, 0.717) is 61.7 Å². The van der Waals surface area contributed by atoms with Crippen LogP contribution in [0, 0.1) is 5.82 Å². The van der Waals surface area contributed by atoms with Gasteiger partial charge in [0, 0.05) is 39.8 Å². The smallest absolute Gasteiger partial charge is 0.254 e. The van der Waals surface area contributed by atoms with Crippen LogP contribution in [0.2, 0.25) is 0 Å². The molecule has 1 saturated heterocycles. The molecule has 5 rings (SSSR count). The van der Waals surface area contributed by atoms with Crippen molar-refractivity contribution in [3.8, 4) is 11.3 Å². The number of likely N-dealkylation sites (N-methyl/N-ethyl adjacent to an activating group) is 1. The molecule has 3 aromatic rings. The Hall–Kier alpha value is -3.34. The van der Waals surface area contributed by atoms with Crippen molar-refractivity contribution in [1.29, 1.82) is 0 Å². The number of halogens is 1. The van der Waals surface area contributed by atoms with Gasteiger partial charge in [-0.3, -0.25) is 14.5 Å². The third-order valence-electron chi connectivity index (χ3n) is 7.42. The van der Waals surface area contributed by atoms with E-state index in [1.807, 2.05) is 6.92 Å². The Morgan fingerprint density at radius 3 is 2.26 bits per heavy atom. The monoisotopic (exact) mass is 538 g/mol. The summed E-state index contributed by atoms with van der Waals surface area (Å²) in [5.74, 6) is -0.786. The fourth-order valence-electron chi connectivity index (χ4n) is 5.29. The molecule has 1 atom stereocenters. The Morgan fingerprint density at radius 1 is 0.974 bits per heavy atom. The number of pyridine rings is 1. The van der Waals surface area contributed by atoms with Crippen LogP contribution in [0.25, 0.3) is 11.3 Å². The molecule has 10 heteroatoms. The largest absolute Gasteiger partial charge is 0.322 e. The zero-order chi connectivity index (χ0) is 27.0. The molecule has 2 aromatic carbocycles. The first kappa shape index (κ1) is 26.3. The third kappa shape index (κ3) is 4.91. The standard InChI is InChI=1S/C28H31FN4O4S/c1-3-4-23-26-25(31(2)28(23)35)17-24(30-27(26)34)20-7-11-22(12-8-20)38(36,37)33-15-13-32(14-16-33)18-19-5-9-21(29)10-6-19/h5-12,17,23H,3-4,13-16,18H2,1-2H3,(H,30,34). The van der Waals surface area contributed by atoms with Crippen LogP contribution in [0.4, 0.5) is 10.1 Å². The number of sulfonamides is 1. The fourth-order valence-corrected chi connectivity index (χ4v) is 6.71. The molecule has 8 nitrogen and oxygen atoms in total. The maximum Gasteiger partial charge on any atom is 0.254 e. The molecule has 2 aliphatic heterocycles. The van der Waals surface area contributed by atoms with Gasteiger partial charge in [0.05, 0.1) is 27.8 Å². The maximum atomic E-state index is 13.3. The second-order valence-corrected chi connectivity index (χ2v) is 11.8. The van der Waals surface area contributed by atoms with Gasteiger partial charge in [-0.2, -0.15) is 4.31 Å². The van der Waals surface area contributed by atoms with Crippen LogP contribution < -0.4 is 10.5 Å². The fraction of sp³-hybridized carbons (Fsp3) is 0.357. The molecule has 0 saturated carbocycles. The minimum Gasteiger partial charge on any atom is -0.322 e. The number of piperazine rings is 1. The molecule has 200 valence electrons. The summed E-state index contributed by atoms with van der Waals surface area (Å²) in [6.07, 6.45) is 1.41. The molecule has 0 bridgehead atoms. The van der Waals surface area contributed by atoms with Gasteiger partial charge in [0.1, 0.15) is 5.82 Å². The Labute approximate surface area is 221 Å². The topological polar surface area (TPSA) is 93.8 Å². The number of carbonyl (C=O) groups excluding carboxylic acids is 1. The maximum absolute atomic E-state index is 13.3. The first-order valence-electron chi connectivity index (χ1n) is 12.8. The molecule has 0 spiro atoms. The number of H-pyrrole nitrogens is 1. The number of aromatic amines is 1. The average molecular weight is 539 g/mol. The van der Waals surface area contributed by atoms with Gasteiger partial charge in [-0.05, 0) is 47.9 Å². The van der Waals surface area contributed by atoms with E-state index in [-0.39, 0.29) is 22.2 Å². The Kier molecular flexibility index (Phi) is 7.21. The number of anilines is 1. The number of nitrogens with one attached hydrogen (secondary N) is 1. The Bertz CT molecular complexity index is 1500. The van der Waals surface area contributed by atoms with Crippen molar-refractivity contribution in [3.05, 3.63) is 81.9 Å². The molecule has 1 unspecified atom stereocenters. The number of nitrogens with zero attached hydrogens (tertiary/aromatic N) is 3. The quantitative estimate of drug-likeness (QED) is 0.497. The zero-order valence-corrected chi connectivity index (χ0v) is 22.3. The normalized spacial score (nSPS) is 18.7. The van der Waals surface area contributed by atoms with Crippen LogP contribution in [0.3, 0.4) is 0 Å². The number of amides is 1. The van der Waals surface area contributed by atoms with E-state index in [9.17, 15) is 22.4 Å². The molecule has 38 heavy (non-hydrogen) atoms. The summed E-state index contributed by atoms with van der Waals surface area (Å²) in [6.45, 7) is 4.51. The lowest BCUT2D eigenvalue weighted by Gasteiger charge is -2.34. The predicted octanol–water partition coefficient (Wildman–Crippen LogP) is 3.55. The molecular formula is C28H31FN4O4S. The van der Waals surface area contributed by atoms with E-state index in [4.69, 9.17) is 0 Å². The van der Waals surface area contributed by atoms with Crippen LogP contribution in [0.5, 0.6) is 0 Å². The SMILES string of the molecule is CCCC1C(=O)N(C)c2cc(-c3ccc(S(=O)(=O)N4CCN(Cc5ccc(F)cc5)CC4)cc3)[nH]c(=O)c21. The van der Waals surface area contributed by atoms with Crippen LogP contribution in [0.15, 0.2) is 64.3 Å². The number of carbonyl (C=O) groups is 1. The lowest BCUT2D eigenvalue weighted by Crippen LogP contribution is -2.48. The summed E-state index contributed by atoms with van der Waals surface area (Å²) in [7, 11) is -2.00. The van der Waals surface area contributed by atoms with Gasteiger partial charge in [0.25, 0.3) is 5.56 Å². The molecule has 0 aliphatic carbocycles. The third-order valence-corrected chi connectivity index (χ3v) is 9.33. The molecule has 1 amide bonds. The van der Waals surface area contributed by atoms with Crippen molar-refractivity contribution in [3.63, 3.8) is 0 Å². The first-order valence-corrected chi connectivity index (χ1v) is 14.2. The summed E-state index contributed by atoms with van der Waals surface area (Å²) in [5, 5.41) is 0. The van der Waals surface area contributed by atoms with Crippen molar-refractivity contribution in [1.82, 2.24) is 14.2 Å². The highest BCUT2D eigenvalue weighted by Gasteiger charge is 2.37. The van der Waals surface area contributed by atoms with Gasteiger partial charge in [-0.15, -0.1) is 0 Å². The number of fused-ring (bicyclic) bond motifs is 1. The lowest BCUT2D eigenvalue weighted by atomic mass is 9.96. The molecule has 0 radical (unpaired) electrons. The summed E-state index contributed by atoms with van der Waals surface area (Å²) in [5.41, 5.74) is 2.99. The zero-order valence-electron chi connectivity index (χ0n) is 21.5. The van der Waals surface area contributed by atoms with E-state index >= 15 is 0 Å². The average Bonchev–Trinajstić information content (AvgIpc) is 3.16. The van der Waals surface area contributed by atoms with Crippen LogP contribution in [-0.4, -0.2) is 61.7 Å². The first-order chi connectivity index (χ1) is 18.2. The van der Waals surface area contributed by atoms with Crippen molar-refractivity contribution >= 4 is 21.6 Å². The second-order valence-electron chi connectivity index (χ2n) is 9.88. The van der Waals surface area contributed by atoms with Gasteiger partial charge in [-0.25, -0.2) is 12.8 Å². The molecule has 1 N–H and O–H groups in total. The van der Waals surface area contributed by atoms with E-state index in [2.05, 4.69) is 9.88 Å². The molecule has 1 fully saturated rings. The lowest BCUT2D eigenvalue weighted by molar-refractivity contribution is -0.119. The molecular weight excluding hydrogens is 507 g/mol. The Balaban J connectivity index is 1.29. The number of hydrogen-bond donors (Lipinski definition) is 1. The molecule has 1 aromatic heterocycles. The highest BCUT2D eigenvalue weighted by Crippen LogP contribution is 2.38. The number of benzene rings is 2. The van der Waals surface area contributed by atoms with Crippen LogP contribution in [-0.2, 0) is 21.4 Å². The second kappa shape index (κ2) is 10.4. The Morgan fingerprint density at radius 2 is 1.63 bits per heavy atom. The van der Waals surface area contributed by atoms with Gasteiger partial charge < -0.3 is 9.88 Å². The van der Waals surface area contributed by atoms with Gasteiger partial charge in [-0.1, -0.05) is 37.6 Å². The van der Waals surface area contributed by atoms with Crippen molar-refractivity contribution < 1.29 is 17.6 Å². The summed E-state index contributed by atoms with van der Waals surface area (Å²) in [6, 6.07) is 14.6. The minimum absolute atomic E-state index is 0.0799. The van der Waals surface area contributed by atoms with Crippen LogP contribution >= 0.6 is 0 Å². The minimum atomic E-state index is -3.68. The summed E-state index contributed by atoms with van der Waals surface area (Å²) >= 11 is 0. The summed E-state index contributed by atoms with van der Waals surface area (Å²) < 4.78 is 41.2. The van der Waals surface area contributed by atoms with E-state index < -0.39 is 15.9 Å². The van der Waals surface area contributed by atoms with Crippen molar-refractivity contribution in [2.24, 2.45) is 0 Å². The van der Waals surface area contributed by atoms with E-state index in [1.54, 1.807) is 49.5 Å². The number of aromatic nitrogens is 1. The van der Waals surface area contributed by atoms with E-state index in [1.165, 1.54) is 21.3 Å². The molecule has 3 heterocycles. The van der Waals surface area contributed by atoms with Gasteiger partial charge >= 0.3 is 0 Å². The number of hydrogen-bond acceptors (Lipinski definition) is 5.